The summed E-state index contributed by atoms with van der Waals surface area (Å²) in [6.07, 6.45) is 1.17. The molecule has 2 heteroatoms. The molecule has 18 heavy (non-hydrogen) atoms. The highest BCUT2D eigenvalue weighted by Crippen LogP contribution is 2.27. The average Bonchev–Trinajstić information content (AvgIpc) is 2.29. The molecule has 0 unspecified atom stereocenters. The maximum absolute atomic E-state index is 5.79. The third kappa shape index (κ3) is 4.69. The minimum atomic E-state index is 0.200. The van der Waals surface area contributed by atoms with Crippen molar-refractivity contribution in [3.05, 3.63) is 29.3 Å². The quantitative estimate of drug-likeness (QED) is 0.777. The predicted octanol–water partition coefficient (Wildman–Crippen LogP) is 3.67. The highest BCUT2D eigenvalue weighted by molar-refractivity contribution is 5.38. The largest absolute Gasteiger partial charge is 0.492 e. The van der Waals surface area contributed by atoms with Gasteiger partial charge in [0.2, 0.25) is 0 Å². The minimum Gasteiger partial charge on any atom is -0.492 e. The van der Waals surface area contributed by atoms with E-state index in [0.29, 0.717) is 0 Å². The summed E-state index contributed by atoms with van der Waals surface area (Å²) in [6, 6.07) is 6.49. The molecular weight excluding hydrogens is 222 g/mol. The monoisotopic (exact) mass is 249 g/mol. The van der Waals surface area contributed by atoms with Gasteiger partial charge in [-0.1, -0.05) is 39.8 Å². The molecule has 0 saturated heterocycles. The van der Waals surface area contributed by atoms with Crippen LogP contribution in [-0.4, -0.2) is 19.7 Å². The zero-order chi connectivity index (χ0) is 13.6. The Bertz CT molecular complexity index is 366. The van der Waals surface area contributed by atoms with Crippen molar-refractivity contribution in [1.29, 1.82) is 0 Å². The van der Waals surface area contributed by atoms with Gasteiger partial charge in [0.25, 0.3) is 0 Å². The summed E-state index contributed by atoms with van der Waals surface area (Å²) in [7, 11) is 0. The van der Waals surface area contributed by atoms with E-state index in [1.54, 1.807) is 0 Å². The maximum atomic E-state index is 5.79. The first-order valence-corrected chi connectivity index (χ1v) is 6.90. The van der Waals surface area contributed by atoms with Crippen LogP contribution in [0.15, 0.2) is 18.2 Å². The number of benzene rings is 1. The van der Waals surface area contributed by atoms with Gasteiger partial charge in [0.1, 0.15) is 12.4 Å². The van der Waals surface area contributed by atoms with Crippen LogP contribution in [0.2, 0.25) is 0 Å². The molecule has 0 fully saturated rings. The molecule has 0 aliphatic heterocycles. The van der Waals surface area contributed by atoms with Crippen LogP contribution in [0.25, 0.3) is 0 Å². The number of hydrogen-bond acceptors (Lipinski definition) is 2. The number of rotatable bonds is 6. The van der Waals surface area contributed by atoms with Gasteiger partial charge in [-0.05, 0) is 42.5 Å². The topological polar surface area (TPSA) is 21.3 Å². The molecule has 1 aromatic carbocycles. The van der Waals surface area contributed by atoms with Gasteiger partial charge in [-0.2, -0.15) is 0 Å². The molecule has 0 bridgehead atoms. The Labute approximate surface area is 112 Å². The Morgan fingerprint density at radius 2 is 1.89 bits per heavy atom. The molecule has 0 saturated carbocycles. The Hall–Kier alpha value is -1.02. The third-order valence-electron chi connectivity index (χ3n) is 3.00. The molecule has 2 nitrogen and oxygen atoms in total. The van der Waals surface area contributed by atoms with Crippen molar-refractivity contribution in [1.82, 2.24) is 5.32 Å². The predicted molar refractivity (Wildman–Crippen MR) is 78.5 cm³/mol. The Morgan fingerprint density at radius 3 is 2.44 bits per heavy atom. The van der Waals surface area contributed by atoms with Gasteiger partial charge in [0.05, 0.1) is 0 Å². The van der Waals surface area contributed by atoms with Gasteiger partial charge in [-0.15, -0.1) is 0 Å². The summed E-state index contributed by atoms with van der Waals surface area (Å²) < 4.78 is 5.79. The molecule has 0 aliphatic rings. The average molecular weight is 249 g/mol. The van der Waals surface area contributed by atoms with Gasteiger partial charge in [0.15, 0.2) is 0 Å². The van der Waals surface area contributed by atoms with Gasteiger partial charge in [-0.25, -0.2) is 0 Å². The van der Waals surface area contributed by atoms with E-state index >= 15 is 0 Å². The first-order valence-electron chi connectivity index (χ1n) is 6.90. The lowest BCUT2D eigenvalue weighted by molar-refractivity contribution is 0.312. The Balaban J connectivity index is 2.53. The van der Waals surface area contributed by atoms with Crippen LogP contribution in [0.5, 0.6) is 5.75 Å². The highest BCUT2D eigenvalue weighted by Gasteiger charge is 2.14. The standard InChI is InChI=1S/C16H27NO/c1-6-9-17-10-11-18-15-8-7-14(12-13(15)2)16(3,4)5/h7-8,12,17H,6,9-11H2,1-5H3. The van der Waals surface area contributed by atoms with Crippen LogP contribution < -0.4 is 10.1 Å². The molecule has 102 valence electrons. The van der Waals surface area contributed by atoms with E-state index < -0.39 is 0 Å². The zero-order valence-electron chi connectivity index (χ0n) is 12.5. The first-order chi connectivity index (χ1) is 8.45. The van der Waals surface area contributed by atoms with E-state index in [0.717, 1.165) is 25.4 Å². The number of nitrogens with one attached hydrogen (secondary N) is 1. The lowest BCUT2D eigenvalue weighted by atomic mass is 9.86. The molecule has 0 amide bonds. The number of aryl methyl sites for hydroxylation is 1. The summed E-state index contributed by atoms with van der Waals surface area (Å²) >= 11 is 0. The van der Waals surface area contributed by atoms with Crippen LogP contribution in [-0.2, 0) is 5.41 Å². The SMILES string of the molecule is CCCNCCOc1ccc(C(C)(C)C)cc1C. The maximum Gasteiger partial charge on any atom is 0.122 e. The summed E-state index contributed by atoms with van der Waals surface area (Å²) in [5.41, 5.74) is 2.78. The lowest BCUT2D eigenvalue weighted by Gasteiger charge is -2.20. The number of hydrogen-bond donors (Lipinski definition) is 1. The Kier molecular flexibility index (Phi) is 5.67. The zero-order valence-corrected chi connectivity index (χ0v) is 12.5. The summed E-state index contributed by atoms with van der Waals surface area (Å²) in [4.78, 5) is 0. The van der Waals surface area contributed by atoms with Crippen LogP contribution in [0, 0.1) is 6.92 Å². The molecule has 0 aliphatic carbocycles. The second-order valence-corrected chi connectivity index (χ2v) is 5.83. The first kappa shape index (κ1) is 15.0. The molecule has 0 spiro atoms. The Morgan fingerprint density at radius 1 is 1.17 bits per heavy atom. The minimum absolute atomic E-state index is 0.200. The van der Waals surface area contributed by atoms with Crippen molar-refractivity contribution >= 4 is 0 Å². The molecule has 0 aromatic heterocycles. The highest BCUT2D eigenvalue weighted by atomic mass is 16.5. The molecule has 0 heterocycles. The van der Waals surface area contributed by atoms with Crippen LogP contribution in [0.3, 0.4) is 0 Å². The smallest absolute Gasteiger partial charge is 0.122 e. The van der Waals surface area contributed by atoms with Crippen molar-refractivity contribution in [2.24, 2.45) is 0 Å². The van der Waals surface area contributed by atoms with Crippen molar-refractivity contribution < 1.29 is 4.74 Å². The summed E-state index contributed by atoms with van der Waals surface area (Å²) in [6.45, 7) is 13.7. The van der Waals surface area contributed by atoms with Gasteiger partial charge < -0.3 is 10.1 Å². The molecule has 0 atom stereocenters. The second-order valence-electron chi connectivity index (χ2n) is 5.83. The van der Waals surface area contributed by atoms with Crippen molar-refractivity contribution in [2.75, 3.05) is 19.7 Å². The lowest BCUT2D eigenvalue weighted by Crippen LogP contribution is -2.21. The molecule has 1 rings (SSSR count). The molecule has 1 aromatic rings. The van der Waals surface area contributed by atoms with Crippen molar-refractivity contribution in [3.63, 3.8) is 0 Å². The van der Waals surface area contributed by atoms with Crippen LogP contribution >= 0.6 is 0 Å². The van der Waals surface area contributed by atoms with E-state index in [9.17, 15) is 0 Å². The van der Waals surface area contributed by atoms with Crippen molar-refractivity contribution in [2.45, 2.75) is 46.5 Å². The summed E-state index contributed by atoms with van der Waals surface area (Å²) in [5, 5.41) is 3.34. The summed E-state index contributed by atoms with van der Waals surface area (Å²) in [5.74, 6) is 1.00. The fourth-order valence-corrected chi connectivity index (χ4v) is 1.81. The van der Waals surface area contributed by atoms with Gasteiger partial charge in [-0.3, -0.25) is 0 Å². The van der Waals surface area contributed by atoms with Crippen LogP contribution in [0.1, 0.15) is 45.2 Å². The van der Waals surface area contributed by atoms with Crippen molar-refractivity contribution in [3.8, 4) is 5.75 Å². The fourth-order valence-electron chi connectivity index (χ4n) is 1.81. The van der Waals surface area contributed by atoms with Gasteiger partial charge >= 0.3 is 0 Å². The number of ether oxygens (including phenoxy) is 1. The van der Waals surface area contributed by atoms with E-state index in [4.69, 9.17) is 4.74 Å². The van der Waals surface area contributed by atoms with Crippen LogP contribution in [0.4, 0.5) is 0 Å². The van der Waals surface area contributed by atoms with E-state index in [-0.39, 0.29) is 5.41 Å². The molecule has 1 N–H and O–H groups in total. The second kappa shape index (κ2) is 6.79. The fraction of sp³-hybridized carbons (Fsp3) is 0.625. The normalized spacial score (nSPS) is 11.6. The van der Waals surface area contributed by atoms with E-state index in [1.807, 2.05) is 0 Å². The van der Waals surface area contributed by atoms with E-state index in [2.05, 4.69) is 58.1 Å². The molecule has 0 radical (unpaired) electrons. The molecular formula is C16H27NO. The van der Waals surface area contributed by atoms with E-state index in [1.165, 1.54) is 17.5 Å². The third-order valence-corrected chi connectivity index (χ3v) is 3.00. The van der Waals surface area contributed by atoms with Gasteiger partial charge in [0, 0.05) is 6.54 Å².